The fourth-order valence-corrected chi connectivity index (χ4v) is 4.56. The number of nitrogens with zero attached hydrogens (tertiary/aromatic N) is 2. The highest BCUT2D eigenvalue weighted by molar-refractivity contribution is 5.99. The van der Waals surface area contributed by atoms with Crippen molar-refractivity contribution < 1.29 is 14.2 Å². The van der Waals surface area contributed by atoms with E-state index in [1.54, 1.807) is 14.2 Å². The average Bonchev–Trinajstić information content (AvgIpc) is 2.88. The van der Waals surface area contributed by atoms with Crippen LogP contribution in [-0.4, -0.2) is 43.8 Å². The smallest absolute Gasteiger partial charge is 0.161 e. The average molecular weight is 441 g/mol. The van der Waals surface area contributed by atoms with Gasteiger partial charge < -0.3 is 14.2 Å². The lowest BCUT2D eigenvalue weighted by atomic mass is 9.99. The van der Waals surface area contributed by atoms with E-state index in [2.05, 4.69) is 58.4 Å². The molecule has 0 unspecified atom stereocenters. The Bertz CT molecular complexity index is 1260. The van der Waals surface area contributed by atoms with Gasteiger partial charge in [0.15, 0.2) is 11.5 Å². The van der Waals surface area contributed by atoms with Gasteiger partial charge in [0.2, 0.25) is 0 Å². The predicted molar refractivity (Wildman–Crippen MR) is 131 cm³/mol. The second kappa shape index (κ2) is 9.51. The minimum atomic E-state index is 0.634. The van der Waals surface area contributed by atoms with Crippen molar-refractivity contribution in [1.29, 1.82) is 0 Å². The standard InChI is InChI=1S/C28H28N2O3/c1-31-27-17-20-12-14-30(19-21(20)18-28(27)32-2)15-16-33-26-11-10-23(25-9-5-6-13-29-25)22-7-3-4-8-24(22)26/h3-11,13,17-18H,12,14-16,19H2,1-2H3. The molecule has 0 bridgehead atoms. The Morgan fingerprint density at radius 3 is 2.33 bits per heavy atom. The number of benzene rings is 3. The van der Waals surface area contributed by atoms with E-state index in [4.69, 9.17) is 14.2 Å². The van der Waals surface area contributed by atoms with Gasteiger partial charge in [-0.1, -0.05) is 30.3 Å². The molecule has 0 radical (unpaired) electrons. The molecule has 0 atom stereocenters. The van der Waals surface area contributed by atoms with Crippen LogP contribution >= 0.6 is 0 Å². The van der Waals surface area contributed by atoms with E-state index in [-0.39, 0.29) is 0 Å². The van der Waals surface area contributed by atoms with Gasteiger partial charge in [0.05, 0.1) is 19.9 Å². The summed E-state index contributed by atoms with van der Waals surface area (Å²) in [5, 5.41) is 2.27. The second-order valence-electron chi connectivity index (χ2n) is 8.22. The number of fused-ring (bicyclic) bond motifs is 2. The number of methoxy groups -OCH3 is 2. The molecule has 5 nitrogen and oxygen atoms in total. The Kier molecular flexibility index (Phi) is 6.13. The molecule has 168 valence electrons. The van der Waals surface area contributed by atoms with Crippen LogP contribution in [0.15, 0.2) is 72.9 Å². The van der Waals surface area contributed by atoms with E-state index in [0.717, 1.165) is 65.3 Å². The molecule has 0 saturated heterocycles. The Balaban J connectivity index is 1.29. The highest BCUT2D eigenvalue weighted by Crippen LogP contribution is 2.35. The van der Waals surface area contributed by atoms with Gasteiger partial charge in [0.25, 0.3) is 0 Å². The van der Waals surface area contributed by atoms with Crippen LogP contribution in [0.1, 0.15) is 11.1 Å². The van der Waals surface area contributed by atoms with Gasteiger partial charge >= 0.3 is 0 Å². The van der Waals surface area contributed by atoms with Crippen LogP contribution in [0.5, 0.6) is 17.2 Å². The van der Waals surface area contributed by atoms with Crippen molar-refractivity contribution in [3.05, 3.63) is 84.1 Å². The molecular weight excluding hydrogens is 412 g/mol. The zero-order valence-electron chi connectivity index (χ0n) is 19.1. The van der Waals surface area contributed by atoms with Crippen LogP contribution in [0.4, 0.5) is 0 Å². The SMILES string of the molecule is COc1cc2c(cc1OC)CN(CCOc1ccc(-c3ccccn3)c3ccccc13)CC2. The molecule has 0 aliphatic carbocycles. The maximum Gasteiger partial charge on any atom is 0.161 e. The van der Waals surface area contributed by atoms with Gasteiger partial charge in [-0.3, -0.25) is 9.88 Å². The zero-order valence-corrected chi connectivity index (χ0v) is 19.1. The van der Waals surface area contributed by atoms with Crippen molar-refractivity contribution in [1.82, 2.24) is 9.88 Å². The Labute approximate surface area is 194 Å². The maximum atomic E-state index is 6.28. The number of ether oxygens (including phenoxy) is 3. The van der Waals surface area contributed by atoms with Crippen LogP contribution < -0.4 is 14.2 Å². The molecular formula is C28H28N2O3. The summed E-state index contributed by atoms with van der Waals surface area (Å²) in [5.74, 6) is 2.50. The highest BCUT2D eigenvalue weighted by atomic mass is 16.5. The van der Waals surface area contributed by atoms with E-state index in [1.165, 1.54) is 11.1 Å². The van der Waals surface area contributed by atoms with Gasteiger partial charge in [0.1, 0.15) is 12.4 Å². The summed E-state index contributed by atoms with van der Waals surface area (Å²) in [4.78, 5) is 6.96. The fraction of sp³-hybridized carbons (Fsp3) is 0.250. The van der Waals surface area contributed by atoms with E-state index < -0.39 is 0 Å². The molecule has 5 heteroatoms. The number of hydrogen-bond donors (Lipinski definition) is 0. The Hall–Kier alpha value is -3.57. The third kappa shape index (κ3) is 4.37. The maximum absolute atomic E-state index is 6.28. The summed E-state index contributed by atoms with van der Waals surface area (Å²) in [5.41, 5.74) is 4.72. The summed E-state index contributed by atoms with van der Waals surface area (Å²) in [6, 6.07) is 22.8. The minimum absolute atomic E-state index is 0.634. The molecule has 1 aliphatic heterocycles. The molecule has 1 aliphatic rings. The predicted octanol–water partition coefficient (Wildman–Crippen LogP) is 5.36. The molecule has 0 amide bonds. The quantitative estimate of drug-likeness (QED) is 0.387. The third-order valence-corrected chi connectivity index (χ3v) is 6.29. The van der Waals surface area contributed by atoms with Crippen LogP contribution in [-0.2, 0) is 13.0 Å². The summed E-state index contributed by atoms with van der Waals surface area (Å²) in [6.45, 7) is 3.39. The van der Waals surface area contributed by atoms with Crippen LogP contribution in [0.25, 0.3) is 22.0 Å². The first-order valence-corrected chi connectivity index (χ1v) is 11.3. The van der Waals surface area contributed by atoms with Crippen molar-refractivity contribution in [2.24, 2.45) is 0 Å². The number of pyridine rings is 1. The van der Waals surface area contributed by atoms with Crippen molar-refractivity contribution in [3.63, 3.8) is 0 Å². The zero-order chi connectivity index (χ0) is 22.6. The molecule has 5 rings (SSSR count). The number of aromatic nitrogens is 1. The fourth-order valence-electron chi connectivity index (χ4n) is 4.56. The lowest BCUT2D eigenvalue weighted by Crippen LogP contribution is -2.33. The van der Waals surface area contributed by atoms with Gasteiger partial charge in [0, 0.05) is 36.8 Å². The molecule has 0 saturated carbocycles. The molecule has 0 spiro atoms. The van der Waals surface area contributed by atoms with Crippen LogP contribution in [0.2, 0.25) is 0 Å². The van der Waals surface area contributed by atoms with E-state index in [1.807, 2.05) is 24.4 Å². The lowest BCUT2D eigenvalue weighted by molar-refractivity contribution is 0.197. The largest absolute Gasteiger partial charge is 0.493 e. The molecule has 0 fully saturated rings. The van der Waals surface area contributed by atoms with Crippen molar-refractivity contribution in [2.45, 2.75) is 13.0 Å². The van der Waals surface area contributed by atoms with Gasteiger partial charge in [-0.15, -0.1) is 0 Å². The van der Waals surface area contributed by atoms with Crippen LogP contribution in [0, 0.1) is 0 Å². The third-order valence-electron chi connectivity index (χ3n) is 6.29. The van der Waals surface area contributed by atoms with Gasteiger partial charge in [-0.05, 0) is 59.3 Å². The van der Waals surface area contributed by atoms with Crippen molar-refractivity contribution in [3.8, 4) is 28.5 Å². The molecule has 1 aromatic heterocycles. The highest BCUT2D eigenvalue weighted by Gasteiger charge is 2.19. The first kappa shape index (κ1) is 21.3. The van der Waals surface area contributed by atoms with Crippen LogP contribution in [0.3, 0.4) is 0 Å². The molecule has 33 heavy (non-hydrogen) atoms. The van der Waals surface area contributed by atoms with E-state index >= 15 is 0 Å². The molecule has 2 heterocycles. The molecule has 4 aromatic rings. The lowest BCUT2D eigenvalue weighted by Gasteiger charge is -2.29. The first-order valence-electron chi connectivity index (χ1n) is 11.3. The topological polar surface area (TPSA) is 43.8 Å². The summed E-state index contributed by atoms with van der Waals surface area (Å²) in [7, 11) is 3.37. The second-order valence-corrected chi connectivity index (χ2v) is 8.22. The van der Waals surface area contributed by atoms with E-state index in [9.17, 15) is 0 Å². The number of hydrogen-bond acceptors (Lipinski definition) is 5. The summed E-state index contributed by atoms with van der Waals surface area (Å²) < 4.78 is 17.2. The monoisotopic (exact) mass is 440 g/mol. The van der Waals surface area contributed by atoms with E-state index in [0.29, 0.717) is 6.61 Å². The van der Waals surface area contributed by atoms with Gasteiger partial charge in [-0.2, -0.15) is 0 Å². The first-order chi connectivity index (χ1) is 16.3. The van der Waals surface area contributed by atoms with Gasteiger partial charge in [-0.25, -0.2) is 0 Å². The Morgan fingerprint density at radius 2 is 1.58 bits per heavy atom. The van der Waals surface area contributed by atoms with Crippen molar-refractivity contribution >= 4 is 10.8 Å². The summed E-state index contributed by atoms with van der Waals surface area (Å²) in [6.07, 6.45) is 2.83. The normalized spacial score (nSPS) is 13.5. The molecule has 3 aromatic carbocycles. The van der Waals surface area contributed by atoms with Crippen molar-refractivity contribution in [2.75, 3.05) is 33.9 Å². The molecule has 0 N–H and O–H groups in total. The number of rotatable bonds is 7. The minimum Gasteiger partial charge on any atom is -0.493 e. The Morgan fingerprint density at radius 1 is 0.818 bits per heavy atom. The summed E-state index contributed by atoms with van der Waals surface area (Å²) >= 11 is 0.